The molecule has 0 unspecified atom stereocenters. The first kappa shape index (κ1) is 16.4. The summed E-state index contributed by atoms with van der Waals surface area (Å²) >= 11 is 0. The van der Waals surface area contributed by atoms with Gasteiger partial charge in [-0.25, -0.2) is 8.42 Å². The molecule has 0 atom stereocenters. The highest BCUT2D eigenvalue weighted by atomic mass is 32.2. The van der Waals surface area contributed by atoms with Gasteiger partial charge in [-0.1, -0.05) is 66.7 Å². The zero-order valence-electron chi connectivity index (χ0n) is 14.3. The number of hydrogen-bond donors (Lipinski definition) is 1. The van der Waals surface area contributed by atoms with Crippen molar-refractivity contribution in [3.63, 3.8) is 0 Å². The minimum atomic E-state index is -3.36. The maximum Gasteiger partial charge on any atom is 0.229 e. The average molecular weight is 362 g/mol. The molecule has 0 saturated carbocycles. The monoisotopic (exact) mass is 362 g/mol. The van der Waals surface area contributed by atoms with E-state index in [4.69, 9.17) is 0 Å². The van der Waals surface area contributed by atoms with Crippen molar-refractivity contribution >= 4 is 37.5 Å². The predicted octanol–water partition coefficient (Wildman–Crippen LogP) is 4.19. The van der Waals surface area contributed by atoms with Crippen molar-refractivity contribution in [2.24, 2.45) is 0 Å². The fourth-order valence-corrected chi connectivity index (χ4v) is 3.56. The Morgan fingerprint density at radius 2 is 1.31 bits per heavy atom. The first-order valence-electron chi connectivity index (χ1n) is 8.26. The average Bonchev–Trinajstić information content (AvgIpc) is 2.97. The van der Waals surface area contributed by atoms with Crippen LogP contribution in [-0.4, -0.2) is 19.2 Å². The number of nitrogens with one attached hydrogen (secondary N) is 1. The Morgan fingerprint density at radius 3 is 1.85 bits per heavy atom. The third-order valence-corrected chi connectivity index (χ3v) is 4.85. The third kappa shape index (κ3) is 2.97. The van der Waals surface area contributed by atoms with Gasteiger partial charge < -0.3 is 4.57 Å². The highest BCUT2D eigenvalue weighted by molar-refractivity contribution is 7.88. The minimum absolute atomic E-state index is 0.772. The molecule has 0 spiro atoms. The van der Waals surface area contributed by atoms with Gasteiger partial charge in [0.15, 0.2) is 0 Å². The van der Waals surface area contributed by atoms with Crippen LogP contribution in [0.4, 0.5) is 0 Å². The molecular formula is C21H18N2O2S. The summed E-state index contributed by atoms with van der Waals surface area (Å²) in [6.07, 6.45) is 2.71. The van der Waals surface area contributed by atoms with E-state index in [-0.39, 0.29) is 0 Å². The molecule has 1 aromatic heterocycles. The second kappa shape index (κ2) is 6.35. The topological polar surface area (TPSA) is 51.1 Å². The van der Waals surface area contributed by atoms with Crippen LogP contribution < -0.4 is 4.72 Å². The van der Waals surface area contributed by atoms with E-state index in [1.807, 2.05) is 66.7 Å². The van der Waals surface area contributed by atoms with Crippen LogP contribution in [0.15, 0.2) is 85.1 Å². The van der Waals surface area contributed by atoms with Gasteiger partial charge in [0.2, 0.25) is 10.0 Å². The molecule has 0 aliphatic carbocycles. The zero-order valence-corrected chi connectivity index (χ0v) is 15.1. The van der Waals surface area contributed by atoms with E-state index >= 15 is 0 Å². The van der Waals surface area contributed by atoms with E-state index in [0.717, 1.165) is 39.3 Å². The summed E-state index contributed by atoms with van der Waals surface area (Å²) in [6.45, 7) is 0. The van der Waals surface area contributed by atoms with Gasteiger partial charge in [-0.2, -0.15) is 0 Å². The van der Waals surface area contributed by atoms with E-state index in [2.05, 4.69) is 21.4 Å². The largest absolute Gasteiger partial charge is 0.307 e. The summed E-state index contributed by atoms with van der Waals surface area (Å²) < 4.78 is 28.0. The fraction of sp³-hybridized carbons (Fsp3) is 0.0476. The van der Waals surface area contributed by atoms with Crippen LogP contribution in [0.1, 0.15) is 5.56 Å². The second-order valence-corrected chi connectivity index (χ2v) is 7.94. The van der Waals surface area contributed by atoms with Gasteiger partial charge in [-0.05, 0) is 12.1 Å². The number of para-hydroxylation sites is 2. The molecule has 3 aromatic carbocycles. The van der Waals surface area contributed by atoms with Crippen molar-refractivity contribution in [2.45, 2.75) is 0 Å². The Labute approximate surface area is 152 Å². The Bertz CT molecular complexity index is 1170. The van der Waals surface area contributed by atoms with Gasteiger partial charge in [-0.3, -0.25) is 4.72 Å². The second-order valence-electron chi connectivity index (χ2n) is 6.16. The molecule has 5 heteroatoms. The number of sulfonamides is 1. The smallest absolute Gasteiger partial charge is 0.229 e. The molecule has 0 bridgehead atoms. The number of fused-ring (bicyclic) bond motifs is 3. The van der Waals surface area contributed by atoms with Gasteiger partial charge in [0.05, 0.1) is 23.0 Å². The SMILES string of the molecule is CS(=O)(=O)N/C=C(\c1ccccc1)n1c2ccccc2c2ccccc21. The van der Waals surface area contributed by atoms with Crippen molar-refractivity contribution < 1.29 is 8.42 Å². The van der Waals surface area contributed by atoms with Crippen LogP contribution in [0.25, 0.3) is 27.5 Å². The fourth-order valence-electron chi connectivity index (χ4n) is 3.23. The molecule has 0 saturated heterocycles. The van der Waals surface area contributed by atoms with E-state index in [0.29, 0.717) is 0 Å². The molecule has 4 rings (SSSR count). The molecule has 1 N–H and O–H groups in total. The van der Waals surface area contributed by atoms with Crippen LogP contribution in [0, 0.1) is 0 Å². The molecule has 26 heavy (non-hydrogen) atoms. The van der Waals surface area contributed by atoms with Crippen LogP contribution in [0.2, 0.25) is 0 Å². The van der Waals surface area contributed by atoms with Gasteiger partial charge in [0.25, 0.3) is 0 Å². The number of hydrogen-bond acceptors (Lipinski definition) is 2. The Kier molecular flexibility index (Phi) is 4.01. The van der Waals surface area contributed by atoms with Crippen LogP contribution >= 0.6 is 0 Å². The number of aromatic nitrogens is 1. The van der Waals surface area contributed by atoms with Gasteiger partial charge >= 0.3 is 0 Å². The summed E-state index contributed by atoms with van der Waals surface area (Å²) in [6, 6.07) is 26.0. The Morgan fingerprint density at radius 1 is 0.808 bits per heavy atom. The highest BCUT2D eigenvalue weighted by Gasteiger charge is 2.14. The molecule has 0 aliphatic rings. The predicted molar refractivity (Wildman–Crippen MR) is 107 cm³/mol. The molecule has 130 valence electrons. The van der Waals surface area contributed by atoms with Crippen LogP contribution in [-0.2, 0) is 10.0 Å². The van der Waals surface area contributed by atoms with Gasteiger partial charge in [0, 0.05) is 22.5 Å². The Balaban J connectivity index is 2.08. The van der Waals surface area contributed by atoms with Crippen molar-refractivity contribution in [3.05, 3.63) is 90.6 Å². The molecule has 1 heterocycles. The lowest BCUT2D eigenvalue weighted by Crippen LogP contribution is -2.17. The quantitative estimate of drug-likeness (QED) is 0.592. The summed E-state index contributed by atoms with van der Waals surface area (Å²) in [4.78, 5) is 0. The lowest BCUT2D eigenvalue weighted by Gasteiger charge is -2.13. The normalized spacial score (nSPS) is 12.6. The molecule has 0 radical (unpaired) electrons. The summed E-state index contributed by atoms with van der Waals surface area (Å²) in [5, 5.41) is 2.26. The molecule has 0 amide bonds. The van der Waals surface area contributed by atoms with E-state index in [9.17, 15) is 8.42 Å². The van der Waals surface area contributed by atoms with Crippen molar-refractivity contribution in [1.82, 2.24) is 9.29 Å². The Hall–Kier alpha value is -3.05. The standard InChI is InChI=1S/C21H18N2O2S/c1-26(24,25)22-15-21(16-9-3-2-4-10-16)23-19-13-7-5-11-17(19)18-12-6-8-14-20(18)23/h2-15,22H,1H3/b21-15+. The summed E-state index contributed by atoms with van der Waals surface area (Å²) in [5.74, 6) is 0. The van der Waals surface area contributed by atoms with Crippen LogP contribution in [0.3, 0.4) is 0 Å². The summed E-state index contributed by atoms with van der Waals surface area (Å²) in [7, 11) is -3.36. The summed E-state index contributed by atoms with van der Waals surface area (Å²) in [5.41, 5.74) is 3.75. The zero-order chi connectivity index (χ0) is 18.1. The van der Waals surface area contributed by atoms with Crippen molar-refractivity contribution in [3.8, 4) is 0 Å². The maximum absolute atomic E-state index is 11.7. The molecule has 4 nitrogen and oxygen atoms in total. The van der Waals surface area contributed by atoms with Gasteiger partial charge in [0.1, 0.15) is 0 Å². The van der Waals surface area contributed by atoms with Crippen LogP contribution in [0.5, 0.6) is 0 Å². The lowest BCUT2D eigenvalue weighted by molar-refractivity contribution is 0.596. The van der Waals surface area contributed by atoms with E-state index < -0.39 is 10.0 Å². The van der Waals surface area contributed by atoms with Crippen molar-refractivity contribution in [2.75, 3.05) is 6.26 Å². The van der Waals surface area contributed by atoms with E-state index in [1.54, 1.807) is 6.20 Å². The van der Waals surface area contributed by atoms with Crippen molar-refractivity contribution in [1.29, 1.82) is 0 Å². The molecular weight excluding hydrogens is 344 g/mol. The molecule has 0 fully saturated rings. The number of nitrogens with zero attached hydrogens (tertiary/aromatic N) is 1. The highest BCUT2D eigenvalue weighted by Crippen LogP contribution is 2.33. The van der Waals surface area contributed by atoms with Gasteiger partial charge in [-0.15, -0.1) is 0 Å². The number of benzene rings is 3. The lowest BCUT2D eigenvalue weighted by atomic mass is 10.1. The van der Waals surface area contributed by atoms with E-state index in [1.165, 1.54) is 0 Å². The molecule has 4 aromatic rings. The first-order chi connectivity index (χ1) is 12.5. The first-order valence-corrected chi connectivity index (χ1v) is 10.2. The maximum atomic E-state index is 11.7. The number of rotatable bonds is 4. The minimum Gasteiger partial charge on any atom is -0.307 e. The third-order valence-electron chi connectivity index (χ3n) is 4.30. The molecule has 0 aliphatic heterocycles.